The number of ether oxygens (including phenoxy) is 1. The molecule has 3 aromatic rings. The SMILES string of the molecule is Cn1cc([C@@]2(C)CN(Cc3cccc4[nH]ccc34)CCO2)cn1. The van der Waals surface area contributed by atoms with Gasteiger partial charge in [0.2, 0.25) is 0 Å². The van der Waals surface area contributed by atoms with E-state index in [2.05, 4.69) is 52.4 Å². The van der Waals surface area contributed by atoms with Crippen molar-refractivity contribution in [3.8, 4) is 0 Å². The molecular formula is C18H22N4O. The Morgan fingerprint density at radius 1 is 1.35 bits per heavy atom. The highest BCUT2D eigenvalue weighted by molar-refractivity contribution is 5.82. The highest BCUT2D eigenvalue weighted by Crippen LogP contribution is 2.30. The summed E-state index contributed by atoms with van der Waals surface area (Å²) in [5.74, 6) is 0. The van der Waals surface area contributed by atoms with Gasteiger partial charge in [0.1, 0.15) is 5.60 Å². The van der Waals surface area contributed by atoms with Gasteiger partial charge in [-0.15, -0.1) is 0 Å². The molecule has 1 atom stereocenters. The van der Waals surface area contributed by atoms with Gasteiger partial charge >= 0.3 is 0 Å². The molecule has 23 heavy (non-hydrogen) atoms. The molecule has 3 heterocycles. The number of benzene rings is 1. The predicted molar refractivity (Wildman–Crippen MR) is 90.1 cm³/mol. The minimum Gasteiger partial charge on any atom is -0.368 e. The number of H-pyrrole nitrogens is 1. The van der Waals surface area contributed by atoms with Crippen LogP contribution in [0.2, 0.25) is 0 Å². The van der Waals surface area contributed by atoms with Crippen LogP contribution in [0.25, 0.3) is 10.9 Å². The van der Waals surface area contributed by atoms with E-state index < -0.39 is 0 Å². The number of aromatic nitrogens is 3. The molecule has 4 rings (SSSR count). The molecule has 1 aliphatic heterocycles. The van der Waals surface area contributed by atoms with E-state index >= 15 is 0 Å². The average Bonchev–Trinajstić information content (AvgIpc) is 3.17. The van der Waals surface area contributed by atoms with Crippen LogP contribution in [0.5, 0.6) is 0 Å². The van der Waals surface area contributed by atoms with Gasteiger partial charge in [0.25, 0.3) is 0 Å². The van der Waals surface area contributed by atoms with E-state index in [9.17, 15) is 0 Å². The standard InChI is InChI=1S/C18H22N4O/c1-18(15-10-20-21(2)12-15)13-22(8-9-23-18)11-14-4-3-5-17-16(14)6-7-19-17/h3-7,10,12,19H,8-9,11,13H2,1-2H3/t18-/m1/s1. The summed E-state index contributed by atoms with van der Waals surface area (Å²) >= 11 is 0. The Morgan fingerprint density at radius 3 is 3.09 bits per heavy atom. The molecule has 0 saturated carbocycles. The Hall–Kier alpha value is -2.11. The molecule has 0 aliphatic carbocycles. The van der Waals surface area contributed by atoms with Crippen LogP contribution in [0.15, 0.2) is 42.9 Å². The summed E-state index contributed by atoms with van der Waals surface area (Å²) < 4.78 is 7.94. The lowest BCUT2D eigenvalue weighted by Gasteiger charge is -2.40. The third-order valence-corrected chi connectivity index (χ3v) is 4.75. The molecule has 5 nitrogen and oxygen atoms in total. The minimum absolute atomic E-state index is 0.293. The molecule has 1 aliphatic rings. The minimum atomic E-state index is -0.293. The van der Waals surface area contributed by atoms with Gasteiger partial charge in [0.15, 0.2) is 0 Å². The number of hydrogen-bond acceptors (Lipinski definition) is 3. The van der Waals surface area contributed by atoms with E-state index in [0.29, 0.717) is 0 Å². The lowest BCUT2D eigenvalue weighted by molar-refractivity contribution is -0.105. The van der Waals surface area contributed by atoms with E-state index in [0.717, 1.165) is 31.8 Å². The van der Waals surface area contributed by atoms with E-state index in [1.54, 1.807) is 0 Å². The first-order valence-electron chi connectivity index (χ1n) is 8.04. The van der Waals surface area contributed by atoms with Crippen molar-refractivity contribution in [3.05, 3.63) is 54.0 Å². The summed E-state index contributed by atoms with van der Waals surface area (Å²) in [5.41, 5.74) is 3.41. The third-order valence-electron chi connectivity index (χ3n) is 4.75. The predicted octanol–water partition coefficient (Wildman–Crippen LogP) is 2.65. The second-order valence-electron chi connectivity index (χ2n) is 6.55. The fourth-order valence-corrected chi connectivity index (χ4v) is 3.48. The Morgan fingerprint density at radius 2 is 2.26 bits per heavy atom. The molecule has 0 amide bonds. The van der Waals surface area contributed by atoms with E-state index in [-0.39, 0.29) is 5.60 Å². The highest BCUT2D eigenvalue weighted by atomic mass is 16.5. The van der Waals surface area contributed by atoms with Gasteiger partial charge in [-0.05, 0) is 24.6 Å². The molecule has 120 valence electrons. The number of hydrogen-bond donors (Lipinski definition) is 1. The molecule has 1 saturated heterocycles. The highest BCUT2D eigenvalue weighted by Gasteiger charge is 2.35. The lowest BCUT2D eigenvalue weighted by Crippen LogP contribution is -2.47. The summed E-state index contributed by atoms with van der Waals surface area (Å²) in [6.07, 6.45) is 5.97. The molecule has 2 aromatic heterocycles. The molecule has 1 N–H and O–H groups in total. The maximum absolute atomic E-state index is 6.10. The topological polar surface area (TPSA) is 46.1 Å². The van der Waals surface area contributed by atoms with Gasteiger partial charge in [-0.3, -0.25) is 9.58 Å². The van der Waals surface area contributed by atoms with Crippen molar-refractivity contribution in [1.29, 1.82) is 0 Å². The number of morpholine rings is 1. The Bertz CT molecular complexity index is 821. The lowest BCUT2D eigenvalue weighted by atomic mass is 9.96. The number of nitrogens with one attached hydrogen (secondary N) is 1. The van der Waals surface area contributed by atoms with E-state index in [4.69, 9.17) is 4.74 Å². The Labute approximate surface area is 135 Å². The number of fused-ring (bicyclic) bond motifs is 1. The zero-order valence-electron chi connectivity index (χ0n) is 13.6. The number of rotatable bonds is 3. The fraction of sp³-hybridized carbons (Fsp3) is 0.389. The van der Waals surface area contributed by atoms with Crippen molar-refractivity contribution < 1.29 is 4.74 Å². The molecular weight excluding hydrogens is 288 g/mol. The maximum atomic E-state index is 6.10. The molecule has 5 heteroatoms. The smallest absolute Gasteiger partial charge is 0.106 e. The number of nitrogens with zero attached hydrogens (tertiary/aromatic N) is 3. The zero-order valence-corrected chi connectivity index (χ0v) is 13.6. The van der Waals surface area contributed by atoms with Crippen LogP contribution in [0.4, 0.5) is 0 Å². The van der Waals surface area contributed by atoms with Crippen molar-refractivity contribution in [2.75, 3.05) is 19.7 Å². The molecule has 0 bridgehead atoms. The zero-order chi connectivity index (χ0) is 15.9. The molecule has 0 spiro atoms. The van der Waals surface area contributed by atoms with Gasteiger partial charge in [-0.1, -0.05) is 12.1 Å². The van der Waals surface area contributed by atoms with Crippen LogP contribution in [0, 0.1) is 0 Å². The Balaban J connectivity index is 1.57. The summed E-state index contributed by atoms with van der Waals surface area (Å²) in [4.78, 5) is 5.76. The quantitative estimate of drug-likeness (QED) is 0.809. The van der Waals surface area contributed by atoms with Crippen LogP contribution < -0.4 is 0 Å². The van der Waals surface area contributed by atoms with Gasteiger partial charge in [-0.25, -0.2) is 0 Å². The summed E-state index contributed by atoms with van der Waals surface area (Å²) in [5, 5.41) is 5.60. The van der Waals surface area contributed by atoms with Crippen LogP contribution >= 0.6 is 0 Å². The van der Waals surface area contributed by atoms with Crippen molar-refractivity contribution in [2.45, 2.75) is 19.1 Å². The van der Waals surface area contributed by atoms with E-state index in [1.165, 1.54) is 16.5 Å². The molecule has 1 aromatic carbocycles. The van der Waals surface area contributed by atoms with Crippen LogP contribution in [-0.4, -0.2) is 39.4 Å². The van der Waals surface area contributed by atoms with Crippen LogP contribution in [0.1, 0.15) is 18.1 Å². The normalized spacial score (nSPS) is 22.7. The van der Waals surface area contributed by atoms with Crippen molar-refractivity contribution in [1.82, 2.24) is 19.7 Å². The monoisotopic (exact) mass is 310 g/mol. The number of aromatic amines is 1. The van der Waals surface area contributed by atoms with Gasteiger partial charge < -0.3 is 9.72 Å². The molecule has 1 fully saturated rings. The second-order valence-corrected chi connectivity index (χ2v) is 6.55. The molecule has 0 radical (unpaired) electrons. The fourth-order valence-electron chi connectivity index (χ4n) is 3.48. The third kappa shape index (κ3) is 2.66. The second kappa shape index (κ2) is 5.51. The van der Waals surface area contributed by atoms with Crippen molar-refractivity contribution >= 4 is 10.9 Å². The van der Waals surface area contributed by atoms with Crippen molar-refractivity contribution in [2.24, 2.45) is 7.05 Å². The summed E-state index contributed by atoms with van der Waals surface area (Å²) in [6.45, 7) is 5.67. The largest absolute Gasteiger partial charge is 0.368 e. The van der Waals surface area contributed by atoms with Crippen LogP contribution in [0.3, 0.4) is 0 Å². The van der Waals surface area contributed by atoms with E-state index in [1.807, 2.05) is 24.1 Å². The van der Waals surface area contributed by atoms with Gasteiger partial charge in [0.05, 0.1) is 12.8 Å². The Kier molecular flexibility index (Phi) is 3.47. The summed E-state index contributed by atoms with van der Waals surface area (Å²) in [7, 11) is 1.94. The average molecular weight is 310 g/mol. The maximum Gasteiger partial charge on any atom is 0.106 e. The number of aryl methyl sites for hydroxylation is 1. The van der Waals surface area contributed by atoms with Gasteiger partial charge in [0, 0.05) is 55.5 Å². The van der Waals surface area contributed by atoms with Crippen LogP contribution in [-0.2, 0) is 23.9 Å². The first kappa shape index (κ1) is 14.5. The summed E-state index contributed by atoms with van der Waals surface area (Å²) in [6, 6.07) is 8.62. The molecule has 0 unspecified atom stereocenters. The first-order chi connectivity index (χ1) is 11.1. The first-order valence-corrected chi connectivity index (χ1v) is 8.04. The van der Waals surface area contributed by atoms with Gasteiger partial charge in [-0.2, -0.15) is 5.10 Å². The van der Waals surface area contributed by atoms with Crippen molar-refractivity contribution in [3.63, 3.8) is 0 Å².